The number of hydrogen-bond donors (Lipinski definition) is 2. The summed E-state index contributed by atoms with van der Waals surface area (Å²) in [4.78, 5) is 15.8. The smallest absolute Gasteiger partial charge is 0.227 e. The van der Waals surface area contributed by atoms with Crippen molar-refractivity contribution in [1.29, 1.82) is 0 Å². The predicted molar refractivity (Wildman–Crippen MR) is 148 cm³/mol. The third-order valence-electron chi connectivity index (χ3n) is 6.84. The second kappa shape index (κ2) is 10.7. The van der Waals surface area contributed by atoms with Crippen LogP contribution < -0.4 is 10.6 Å². The van der Waals surface area contributed by atoms with Crippen LogP contribution in [0.25, 0.3) is 17.0 Å². The van der Waals surface area contributed by atoms with E-state index in [1.165, 1.54) is 18.5 Å². The van der Waals surface area contributed by atoms with Crippen molar-refractivity contribution in [3.63, 3.8) is 0 Å². The molecule has 2 N–H and O–H groups in total. The zero-order valence-corrected chi connectivity index (χ0v) is 20.9. The van der Waals surface area contributed by atoms with Gasteiger partial charge in [-0.05, 0) is 85.4 Å². The number of hydrogen-bond acceptors (Lipinski definition) is 6. The number of pyridine rings is 1. The fraction of sp³-hybridized carbons (Fsp3) is 0.233. The van der Waals surface area contributed by atoms with E-state index in [-0.39, 0.29) is 0 Å². The molecule has 0 radical (unpaired) electrons. The van der Waals surface area contributed by atoms with Crippen molar-refractivity contribution in [1.82, 2.24) is 19.9 Å². The summed E-state index contributed by atoms with van der Waals surface area (Å²) in [6.07, 6.45) is 6.55. The maximum absolute atomic E-state index is 4.67. The Hall–Kier alpha value is -4.03. The van der Waals surface area contributed by atoms with Gasteiger partial charge in [-0.25, -0.2) is 9.97 Å². The standard InChI is InChI=1S/C30H32N6/c1-4-36-17-14-26(20-36)23-9-11-27(12-10-23)33-22(3)24-8-7-21(2)29(18-24)35-30-32-16-13-28(34-30)25-6-5-15-31-19-25/h5-13,15-16,18-19,26,33H,3-4,14,17,20H2,1-2H3,(H,32,34,35). The predicted octanol–water partition coefficient (Wildman–Crippen LogP) is 6.48. The molecule has 36 heavy (non-hydrogen) atoms. The van der Waals surface area contributed by atoms with Gasteiger partial charge in [0.15, 0.2) is 0 Å². The van der Waals surface area contributed by atoms with E-state index < -0.39 is 0 Å². The fourth-order valence-electron chi connectivity index (χ4n) is 4.64. The van der Waals surface area contributed by atoms with Crippen molar-refractivity contribution in [3.05, 3.63) is 103 Å². The number of aromatic nitrogens is 3. The average molecular weight is 477 g/mol. The molecule has 0 amide bonds. The number of anilines is 3. The van der Waals surface area contributed by atoms with Crippen molar-refractivity contribution in [3.8, 4) is 11.3 Å². The van der Waals surface area contributed by atoms with Crippen LogP contribution in [0.15, 0.2) is 85.8 Å². The van der Waals surface area contributed by atoms with Crippen LogP contribution >= 0.6 is 0 Å². The quantitative estimate of drug-likeness (QED) is 0.303. The van der Waals surface area contributed by atoms with Gasteiger partial charge in [0, 0.05) is 47.8 Å². The van der Waals surface area contributed by atoms with Gasteiger partial charge >= 0.3 is 0 Å². The number of nitrogens with zero attached hydrogens (tertiary/aromatic N) is 4. The van der Waals surface area contributed by atoms with Gasteiger partial charge in [-0.2, -0.15) is 0 Å². The third-order valence-corrected chi connectivity index (χ3v) is 6.84. The molecular weight excluding hydrogens is 444 g/mol. The molecule has 2 aromatic heterocycles. The Morgan fingerprint density at radius 2 is 1.94 bits per heavy atom. The highest BCUT2D eigenvalue weighted by atomic mass is 15.1. The number of rotatable bonds is 8. The summed E-state index contributed by atoms with van der Waals surface area (Å²) in [6, 6.07) is 20.8. The van der Waals surface area contributed by atoms with Crippen molar-refractivity contribution in [2.45, 2.75) is 26.2 Å². The number of benzene rings is 2. The Morgan fingerprint density at radius 1 is 1.08 bits per heavy atom. The van der Waals surface area contributed by atoms with E-state index in [1.54, 1.807) is 18.6 Å². The fourth-order valence-corrected chi connectivity index (χ4v) is 4.64. The Balaban J connectivity index is 1.27. The molecule has 2 aromatic carbocycles. The molecule has 1 saturated heterocycles. The van der Waals surface area contributed by atoms with Gasteiger partial charge in [0.05, 0.1) is 5.69 Å². The topological polar surface area (TPSA) is 66.0 Å². The summed E-state index contributed by atoms with van der Waals surface area (Å²) in [7, 11) is 0. The third kappa shape index (κ3) is 5.44. The van der Waals surface area contributed by atoms with E-state index in [9.17, 15) is 0 Å². The summed E-state index contributed by atoms with van der Waals surface area (Å²) < 4.78 is 0. The Labute approximate surface area is 213 Å². The summed E-state index contributed by atoms with van der Waals surface area (Å²) in [6.45, 7) is 12.1. The van der Waals surface area contributed by atoms with E-state index in [0.717, 1.165) is 52.5 Å². The largest absolute Gasteiger partial charge is 0.356 e. The number of nitrogens with one attached hydrogen (secondary N) is 2. The number of likely N-dealkylation sites (N-methyl/N-ethyl adjacent to an activating group) is 1. The maximum atomic E-state index is 4.67. The lowest BCUT2D eigenvalue weighted by Crippen LogP contribution is -2.19. The minimum Gasteiger partial charge on any atom is -0.356 e. The minimum absolute atomic E-state index is 0.541. The molecule has 1 aliphatic rings. The van der Waals surface area contributed by atoms with Crippen LogP contribution in [0.1, 0.15) is 36.0 Å². The van der Waals surface area contributed by atoms with Gasteiger partial charge in [0.25, 0.3) is 0 Å². The lowest BCUT2D eigenvalue weighted by molar-refractivity contribution is 0.354. The molecule has 182 valence electrons. The molecule has 1 unspecified atom stereocenters. The van der Waals surface area contributed by atoms with Crippen LogP contribution in [0.2, 0.25) is 0 Å². The molecule has 0 saturated carbocycles. The van der Waals surface area contributed by atoms with Gasteiger partial charge in [-0.15, -0.1) is 0 Å². The molecule has 6 heteroatoms. The monoisotopic (exact) mass is 476 g/mol. The molecule has 1 atom stereocenters. The molecule has 4 aromatic rings. The van der Waals surface area contributed by atoms with E-state index in [1.807, 2.05) is 18.2 Å². The first-order valence-corrected chi connectivity index (χ1v) is 12.5. The number of likely N-dealkylation sites (tertiary alicyclic amines) is 1. The molecule has 0 aliphatic carbocycles. The second-order valence-electron chi connectivity index (χ2n) is 9.27. The molecule has 5 rings (SSSR count). The van der Waals surface area contributed by atoms with Crippen molar-refractivity contribution < 1.29 is 0 Å². The second-order valence-corrected chi connectivity index (χ2v) is 9.27. The van der Waals surface area contributed by atoms with Gasteiger partial charge < -0.3 is 15.5 Å². The van der Waals surface area contributed by atoms with Crippen molar-refractivity contribution in [2.75, 3.05) is 30.3 Å². The minimum atomic E-state index is 0.541. The highest BCUT2D eigenvalue weighted by Crippen LogP contribution is 2.29. The molecular formula is C30H32N6. The zero-order chi connectivity index (χ0) is 24.9. The van der Waals surface area contributed by atoms with Crippen LogP contribution in [0, 0.1) is 6.92 Å². The summed E-state index contributed by atoms with van der Waals surface area (Å²) in [5.41, 5.74) is 8.12. The Kier molecular flexibility index (Phi) is 7.05. The SMILES string of the molecule is C=C(Nc1ccc(C2CCN(CC)C2)cc1)c1ccc(C)c(Nc2nccc(-c3cccnc3)n2)c1. The van der Waals surface area contributed by atoms with Crippen LogP contribution in [-0.4, -0.2) is 39.5 Å². The van der Waals surface area contributed by atoms with Gasteiger partial charge in [-0.1, -0.05) is 37.8 Å². The average Bonchev–Trinajstić information content (AvgIpc) is 3.40. The molecule has 0 bridgehead atoms. The van der Waals surface area contributed by atoms with Gasteiger partial charge in [0.2, 0.25) is 5.95 Å². The molecule has 6 nitrogen and oxygen atoms in total. The van der Waals surface area contributed by atoms with Crippen molar-refractivity contribution >= 4 is 23.0 Å². The maximum Gasteiger partial charge on any atom is 0.227 e. The molecule has 1 fully saturated rings. The highest BCUT2D eigenvalue weighted by molar-refractivity contribution is 5.78. The Morgan fingerprint density at radius 3 is 2.69 bits per heavy atom. The lowest BCUT2D eigenvalue weighted by Gasteiger charge is -2.16. The van der Waals surface area contributed by atoms with Gasteiger partial charge in [0.1, 0.15) is 0 Å². The normalized spacial score (nSPS) is 15.6. The van der Waals surface area contributed by atoms with E-state index in [4.69, 9.17) is 0 Å². The van der Waals surface area contributed by atoms with E-state index in [0.29, 0.717) is 11.9 Å². The van der Waals surface area contributed by atoms with E-state index in [2.05, 4.69) is 93.4 Å². The first-order valence-electron chi connectivity index (χ1n) is 12.5. The van der Waals surface area contributed by atoms with Crippen LogP contribution in [0.3, 0.4) is 0 Å². The van der Waals surface area contributed by atoms with Crippen LogP contribution in [-0.2, 0) is 0 Å². The van der Waals surface area contributed by atoms with E-state index >= 15 is 0 Å². The van der Waals surface area contributed by atoms with Gasteiger partial charge in [-0.3, -0.25) is 4.98 Å². The number of aryl methyl sites for hydroxylation is 1. The summed E-state index contributed by atoms with van der Waals surface area (Å²) in [5, 5.41) is 6.84. The summed E-state index contributed by atoms with van der Waals surface area (Å²) >= 11 is 0. The Bertz CT molecular complexity index is 1330. The van der Waals surface area contributed by atoms with Crippen LogP contribution in [0.5, 0.6) is 0 Å². The first kappa shape index (κ1) is 23.7. The van der Waals surface area contributed by atoms with Crippen LogP contribution in [0.4, 0.5) is 17.3 Å². The lowest BCUT2D eigenvalue weighted by atomic mass is 9.98. The molecule has 3 heterocycles. The first-order chi connectivity index (χ1) is 17.6. The highest BCUT2D eigenvalue weighted by Gasteiger charge is 2.22. The molecule has 1 aliphatic heterocycles. The zero-order valence-electron chi connectivity index (χ0n) is 20.9. The molecule has 0 spiro atoms. The van der Waals surface area contributed by atoms with Crippen molar-refractivity contribution in [2.24, 2.45) is 0 Å². The summed E-state index contributed by atoms with van der Waals surface area (Å²) in [5.74, 6) is 1.17.